The summed E-state index contributed by atoms with van der Waals surface area (Å²) >= 11 is 0. The molecule has 0 atom stereocenters. The largest absolute Gasteiger partial charge is 0.340 e. The van der Waals surface area contributed by atoms with Gasteiger partial charge in [0.1, 0.15) is 17.3 Å². The van der Waals surface area contributed by atoms with Gasteiger partial charge in [0.2, 0.25) is 0 Å². The van der Waals surface area contributed by atoms with Crippen molar-refractivity contribution in [3.05, 3.63) is 53.6 Å². The second-order valence-corrected chi connectivity index (χ2v) is 5.63. The van der Waals surface area contributed by atoms with Gasteiger partial charge in [0.25, 0.3) is 11.8 Å². The lowest BCUT2D eigenvalue weighted by Crippen LogP contribution is -2.50. The highest BCUT2D eigenvalue weighted by atomic mass is 19.1. The first-order valence-corrected chi connectivity index (χ1v) is 7.47. The number of carbonyl (C=O) groups excluding carboxylic acids is 2. The molecule has 6 nitrogen and oxygen atoms in total. The predicted octanol–water partition coefficient (Wildman–Crippen LogP) is 1.30. The number of halogens is 2. The van der Waals surface area contributed by atoms with E-state index in [0.717, 1.165) is 12.1 Å². The van der Waals surface area contributed by atoms with Crippen molar-refractivity contribution in [3.8, 4) is 0 Å². The molecule has 1 saturated heterocycles. The molecule has 0 saturated carbocycles. The fraction of sp³-hybridized carbons (Fsp3) is 0.312. The van der Waals surface area contributed by atoms with Gasteiger partial charge in [0.05, 0.1) is 11.9 Å². The number of aryl methyl sites for hydroxylation is 1. The van der Waals surface area contributed by atoms with Crippen molar-refractivity contribution in [2.24, 2.45) is 7.05 Å². The molecular formula is C16H16F2N4O2. The maximum Gasteiger partial charge on any atom is 0.274 e. The van der Waals surface area contributed by atoms with Crippen LogP contribution in [0.2, 0.25) is 0 Å². The molecule has 0 radical (unpaired) electrons. The maximum absolute atomic E-state index is 13.7. The first-order chi connectivity index (χ1) is 11.5. The van der Waals surface area contributed by atoms with E-state index in [1.807, 2.05) is 0 Å². The zero-order valence-corrected chi connectivity index (χ0v) is 13.1. The summed E-state index contributed by atoms with van der Waals surface area (Å²) < 4.78 is 28.3. The lowest BCUT2D eigenvalue weighted by molar-refractivity contribution is 0.0530. The van der Waals surface area contributed by atoms with E-state index >= 15 is 0 Å². The molecule has 1 aliphatic rings. The van der Waals surface area contributed by atoms with Crippen molar-refractivity contribution in [1.82, 2.24) is 19.4 Å². The second kappa shape index (κ2) is 6.38. The maximum atomic E-state index is 13.7. The molecule has 8 heteroatoms. The number of carbonyl (C=O) groups is 2. The molecule has 2 heterocycles. The van der Waals surface area contributed by atoms with Crippen LogP contribution in [0.4, 0.5) is 8.78 Å². The zero-order valence-electron chi connectivity index (χ0n) is 13.1. The minimum Gasteiger partial charge on any atom is -0.340 e. The number of nitrogens with zero attached hydrogens (tertiary/aromatic N) is 4. The molecule has 24 heavy (non-hydrogen) atoms. The monoisotopic (exact) mass is 334 g/mol. The quantitative estimate of drug-likeness (QED) is 0.832. The van der Waals surface area contributed by atoms with Crippen LogP contribution in [0.3, 0.4) is 0 Å². The van der Waals surface area contributed by atoms with Crippen LogP contribution in [0.15, 0.2) is 30.7 Å². The summed E-state index contributed by atoms with van der Waals surface area (Å²) in [6.45, 7) is 1.25. The minimum atomic E-state index is -0.882. The van der Waals surface area contributed by atoms with Gasteiger partial charge in [-0.25, -0.2) is 13.8 Å². The Morgan fingerprint density at radius 2 is 1.67 bits per heavy atom. The summed E-state index contributed by atoms with van der Waals surface area (Å²) in [4.78, 5) is 31.7. The lowest BCUT2D eigenvalue weighted by atomic mass is 10.1. The summed E-state index contributed by atoms with van der Waals surface area (Å²) in [5.41, 5.74) is 0.183. The Morgan fingerprint density at radius 1 is 1.04 bits per heavy atom. The van der Waals surface area contributed by atoms with Gasteiger partial charge in [-0.3, -0.25) is 9.59 Å². The summed E-state index contributed by atoms with van der Waals surface area (Å²) in [5, 5.41) is 0. The van der Waals surface area contributed by atoms with Gasteiger partial charge < -0.3 is 14.4 Å². The number of rotatable bonds is 2. The molecule has 1 aromatic heterocycles. The van der Waals surface area contributed by atoms with E-state index in [9.17, 15) is 18.4 Å². The van der Waals surface area contributed by atoms with Crippen LogP contribution in [-0.2, 0) is 7.05 Å². The first-order valence-electron chi connectivity index (χ1n) is 7.47. The fourth-order valence-electron chi connectivity index (χ4n) is 2.63. The second-order valence-electron chi connectivity index (χ2n) is 5.63. The van der Waals surface area contributed by atoms with E-state index in [-0.39, 0.29) is 24.6 Å². The SMILES string of the molecule is Cn1cnc(C(=O)N2CCN(C(=O)c3ccc(F)cc3F)CC2)c1. The lowest BCUT2D eigenvalue weighted by Gasteiger charge is -2.34. The Morgan fingerprint density at radius 3 is 2.21 bits per heavy atom. The Balaban J connectivity index is 1.64. The van der Waals surface area contributed by atoms with Gasteiger partial charge in [0.15, 0.2) is 0 Å². The molecule has 3 rings (SSSR count). The molecule has 0 N–H and O–H groups in total. The van der Waals surface area contributed by atoms with Crippen molar-refractivity contribution in [2.45, 2.75) is 0 Å². The van der Waals surface area contributed by atoms with E-state index in [1.54, 1.807) is 29.0 Å². The number of amides is 2. The Hall–Kier alpha value is -2.77. The van der Waals surface area contributed by atoms with E-state index in [2.05, 4.69) is 4.98 Å². The number of benzene rings is 1. The van der Waals surface area contributed by atoms with Crippen LogP contribution in [0, 0.1) is 11.6 Å². The highest BCUT2D eigenvalue weighted by Crippen LogP contribution is 2.15. The Bertz CT molecular complexity index is 782. The number of imidazole rings is 1. The normalized spacial score (nSPS) is 14.8. The molecule has 1 aromatic carbocycles. The average Bonchev–Trinajstić information content (AvgIpc) is 3.00. The van der Waals surface area contributed by atoms with Gasteiger partial charge in [-0.05, 0) is 12.1 Å². The van der Waals surface area contributed by atoms with Gasteiger partial charge in [-0.1, -0.05) is 0 Å². The first kappa shape index (κ1) is 16.1. The van der Waals surface area contributed by atoms with Crippen LogP contribution < -0.4 is 0 Å². The summed E-state index contributed by atoms with van der Waals surface area (Å²) in [7, 11) is 1.78. The molecule has 1 aliphatic heterocycles. The smallest absolute Gasteiger partial charge is 0.274 e. The number of hydrogen-bond acceptors (Lipinski definition) is 3. The number of aromatic nitrogens is 2. The summed E-state index contributed by atoms with van der Waals surface area (Å²) in [6, 6.07) is 2.88. The Labute approximate surface area is 137 Å². The van der Waals surface area contributed by atoms with E-state index in [0.29, 0.717) is 24.8 Å². The summed E-state index contributed by atoms with van der Waals surface area (Å²) in [6.07, 6.45) is 3.18. The van der Waals surface area contributed by atoms with Gasteiger partial charge >= 0.3 is 0 Å². The zero-order chi connectivity index (χ0) is 17.3. The van der Waals surface area contributed by atoms with Crippen molar-refractivity contribution in [1.29, 1.82) is 0 Å². The van der Waals surface area contributed by atoms with Crippen molar-refractivity contribution >= 4 is 11.8 Å². The molecular weight excluding hydrogens is 318 g/mol. The molecule has 2 aromatic rings. The molecule has 0 aliphatic carbocycles. The van der Waals surface area contributed by atoms with Crippen LogP contribution in [0.5, 0.6) is 0 Å². The van der Waals surface area contributed by atoms with Crippen LogP contribution in [0.1, 0.15) is 20.8 Å². The molecule has 0 unspecified atom stereocenters. The standard InChI is InChI=1S/C16H16F2N4O2/c1-20-9-14(19-10-20)16(24)22-6-4-21(5-7-22)15(23)12-3-2-11(17)8-13(12)18/h2-3,8-10H,4-7H2,1H3. The molecule has 2 amide bonds. The fourth-order valence-corrected chi connectivity index (χ4v) is 2.63. The minimum absolute atomic E-state index is 0.166. The van der Waals surface area contributed by atoms with Gasteiger partial charge in [-0.2, -0.15) is 0 Å². The molecule has 0 spiro atoms. The van der Waals surface area contributed by atoms with Crippen LogP contribution in [0.25, 0.3) is 0 Å². The third-order valence-corrected chi connectivity index (χ3v) is 3.94. The average molecular weight is 334 g/mol. The van der Waals surface area contributed by atoms with Crippen molar-refractivity contribution in [2.75, 3.05) is 26.2 Å². The molecule has 0 bridgehead atoms. The van der Waals surface area contributed by atoms with Crippen LogP contribution in [-0.4, -0.2) is 57.3 Å². The summed E-state index contributed by atoms with van der Waals surface area (Å²) in [5.74, 6) is -2.31. The third kappa shape index (κ3) is 3.12. The van der Waals surface area contributed by atoms with E-state index < -0.39 is 17.5 Å². The molecule has 126 valence electrons. The number of hydrogen-bond donors (Lipinski definition) is 0. The third-order valence-electron chi connectivity index (χ3n) is 3.94. The molecule has 1 fully saturated rings. The van der Waals surface area contributed by atoms with E-state index in [1.165, 1.54) is 4.90 Å². The van der Waals surface area contributed by atoms with Crippen molar-refractivity contribution in [3.63, 3.8) is 0 Å². The van der Waals surface area contributed by atoms with E-state index in [4.69, 9.17) is 0 Å². The highest BCUT2D eigenvalue weighted by molar-refractivity contribution is 5.95. The van der Waals surface area contributed by atoms with Gasteiger partial charge in [-0.15, -0.1) is 0 Å². The van der Waals surface area contributed by atoms with Crippen LogP contribution >= 0.6 is 0 Å². The highest BCUT2D eigenvalue weighted by Gasteiger charge is 2.27. The Kier molecular flexibility index (Phi) is 4.28. The topological polar surface area (TPSA) is 58.4 Å². The van der Waals surface area contributed by atoms with Crippen molar-refractivity contribution < 1.29 is 18.4 Å². The predicted molar refractivity (Wildman–Crippen MR) is 81.4 cm³/mol. The number of piperazine rings is 1. The van der Waals surface area contributed by atoms with Gasteiger partial charge in [0, 0.05) is 45.5 Å².